The number of nitrogens with one attached hydrogen (secondary N) is 1. The second-order valence-electron chi connectivity index (χ2n) is 3.28. The van der Waals surface area contributed by atoms with Crippen molar-refractivity contribution in [3.8, 4) is 0 Å². The van der Waals surface area contributed by atoms with Crippen LogP contribution >= 0.6 is 11.3 Å². The number of hydrogen-bond acceptors (Lipinski definition) is 4. The van der Waals surface area contributed by atoms with Gasteiger partial charge in [0, 0.05) is 0 Å². The minimum Gasteiger partial charge on any atom is -0.397 e. The molecular formula is C11H11N3OS. The summed E-state index contributed by atoms with van der Waals surface area (Å²) in [6.45, 7) is 1.86. The zero-order valence-corrected chi connectivity index (χ0v) is 9.54. The van der Waals surface area contributed by atoms with Crippen molar-refractivity contribution in [2.75, 3.05) is 11.1 Å². The van der Waals surface area contributed by atoms with Crippen LogP contribution in [0.4, 0.5) is 11.4 Å². The maximum absolute atomic E-state index is 11.8. The number of rotatable bonds is 2. The Morgan fingerprint density at radius 1 is 1.44 bits per heavy atom. The average Bonchev–Trinajstić information content (AvgIpc) is 2.68. The van der Waals surface area contributed by atoms with Gasteiger partial charge in [0.05, 0.1) is 22.6 Å². The van der Waals surface area contributed by atoms with Crippen molar-refractivity contribution < 1.29 is 4.79 Å². The molecule has 0 atom stereocenters. The second kappa shape index (κ2) is 4.32. The zero-order valence-electron chi connectivity index (χ0n) is 8.73. The van der Waals surface area contributed by atoms with Gasteiger partial charge in [0.25, 0.3) is 5.91 Å². The van der Waals surface area contributed by atoms with E-state index >= 15 is 0 Å². The third-order valence-electron chi connectivity index (χ3n) is 2.05. The summed E-state index contributed by atoms with van der Waals surface area (Å²) in [6, 6.07) is 7.15. The molecule has 0 aliphatic heterocycles. The predicted molar refractivity (Wildman–Crippen MR) is 65.7 cm³/mol. The van der Waals surface area contributed by atoms with E-state index in [-0.39, 0.29) is 5.91 Å². The molecule has 2 rings (SSSR count). The Labute approximate surface area is 97.1 Å². The average molecular weight is 233 g/mol. The molecule has 0 aliphatic rings. The van der Waals surface area contributed by atoms with Gasteiger partial charge < -0.3 is 11.1 Å². The molecule has 0 saturated carbocycles. The second-order valence-corrected chi connectivity index (χ2v) is 4.52. The fraction of sp³-hybridized carbons (Fsp3) is 0.0909. The van der Waals surface area contributed by atoms with Gasteiger partial charge >= 0.3 is 0 Å². The van der Waals surface area contributed by atoms with Crippen molar-refractivity contribution in [3.05, 3.63) is 40.3 Å². The molecule has 82 valence electrons. The molecule has 1 heterocycles. The molecule has 0 aliphatic carbocycles. The molecule has 0 fully saturated rings. The molecular weight excluding hydrogens is 222 g/mol. The minimum absolute atomic E-state index is 0.177. The van der Waals surface area contributed by atoms with Gasteiger partial charge in [-0.1, -0.05) is 12.1 Å². The van der Waals surface area contributed by atoms with Crippen LogP contribution < -0.4 is 11.1 Å². The Balaban J connectivity index is 2.17. The van der Waals surface area contributed by atoms with E-state index in [9.17, 15) is 4.79 Å². The predicted octanol–water partition coefficient (Wildman–Crippen LogP) is 2.29. The van der Waals surface area contributed by atoms with Crippen molar-refractivity contribution in [1.29, 1.82) is 0 Å². The summed E-state index contributed by atoms with van der Waals surface area (Å²) in [7, 11) is 0. The lowest BCUT2D eigenvalue weighted by Gasteiger charge is -2.05. The number of nitrogens with two attached hydrogens (primary N) is 1. The van der Waals surface area contributed by atoms with Crippen molar-refractivity contribution in [2.45, 2.75) is 6.92 Å². The Bertz CT molecular complexity index is 521. The van der Waals surface area contributed by atoms with Crippen LogP contribution in [0.2, 0.25) is 0 Å². The number of anilines is 2. The molecule has 0 radical (unpaired) electrons. The fourth-order valence-corrected chi connectivity index (χ4v) is 1.93. The van der Waals surface area contributed by atoms with Gasteiger partial charge in [0.1, 0.15) is 4.88 Å². The molecule has 0 bridgehead atoms. The molecule has 4 nitrogen and oxygen atoms in total. The summed E-state index contributed by atoms with van der Waals surface area (Å²) >= 11 is 1.36. The Kier molecular flexibility index (Phi) is 2.87. The van der Waals surface area contributed by atoms with Gasteiger partial charge in [-0.15, -0.1) is 11.3 Å². The SMILES string of the molecule is Cc1ncc(C(=O)Nc2ccccc2N)s1. The van der Waals surface area contributed by atoms with Crippen LogP contribution in [0.3, 0.4) is 0 Å². The number of para-hydroxylation sites is 2. The number of nitrogen functional groups attached to an aromatic ring is 1. The third kappa shape index (κ3) is 2.20. The number of hydrogen-bond donors (Lipinski definition) is 2. The number of thiazole rings is 1. The van der Waals surface area contributed by atoms with E-state index in [4.69, 9.17) is 5.73 Å². The van der Waals surface area contributed by atoms with Crippen LogP contribution in [0, 0.1) is 6.92 Å². The van der Waals surface area contributed by atoms with E-state index in [1.54, 1.807) is 18.3 Å². The largest absolute Gasteiger partial charge is 0.397 e. The molecule has 0 spiro atoms. The topological polar surface area (TPSA) is 68.0 Å². The van der Waals surface area contributed by atoms with Crippen LogP contribution in [0.15, 0.2) is 30.5 Å². The Morgan fingerprint density at radius 3 is 2.81 bits per heavy atom. The molecule has 1 aromatic carbocycles. The molecule has 3 N–H and O–H groups in total. The zero-order chi connectivity index (χ0) is 11.5. The van der Waals surface area contributed by atoms with Gasteiger partial charge in [-0.3, -0.25) is 4.79 Å². The van der Waals surface area contributed by atoms with Crippen LogP contribution in [-0.4, -0.2) is 10.9 Å². The highest BCUT2D eigenvalue weighted by Crippen LogP contribution is 2.19. The standard InChI is InChI=1S/C11H11N3OS/c1-7-13-6-10(16-7)11(15)14-9-5-3-2-4-8(9)12/h2-6H,12H2,1H3,(H,14,15). The van der Waals surface area contributed by atoms with Gasteiger partial charge in [0.2, 0.25) is 0 Å². The first kappa shape index (κ1) is 10.6. The summed E-state index contributed by atoms with van der Waals surface area (Å²) in [4.78, 5) is 16.4. The lowest BCUT2D eigenvalue weighted by molar-refractivity contribution is 0.103. The highest BCUT2D eigenvalue weighted by atomic mass is 32.1. The van der Waals surface area contributed by atoms with Crippen LogP contribution in [0.25, 0.3) is 0 Å². The molecule has 0 saturated heterocycles. The van der Waals surface area contributed by atoms with E-state index in [0.717, 1.165) is 5.01 Å². The number of aromatic nitrogens is 1. The first-order chi connectivity index (χ1) is 7.66. The maximum Gasteiger partial charge on any atom is 0.267 e. The summed E-state index contributed by atoms with van der Waals surface area (Å²) in [5.74, 6) is -0.177. The number of carbonyl (C=O) groups is 1. The Morgan fingerprint density at radius 2 is 2.19 bits per heavy atom. The number of aryl methyl sites for hydroxylation is 1. The highest BCUT2D eigenvalue weighted by Gasteiger charge is 2.10. The fourth-order valence-electron chi connectivity index (χ4n) is 1.26. The van der Waals surface area contributed by atoms with Crippen LogP contribution in [0.5, 0.6) is 0 Å². The van der Waals surface area contributed by atoms with E-state index < -0.39 is 0 Å². The summed E-state index contributed by atoms with van der Waals surface area (Å²) in [5.41, 5.74) is 6.90. The number of nitrogens with zero attached hydrogens (tertiary/aromatic N) is 1. The summed E-state index contributed by atoms with van der Waals surface area (Å²) < 4.78 is 0. The molecule has 1 amide bonds. The van der Waals surface area contributed by atoms with Crippen molar-refractivity contribution in [2.24, 2.45) is 0 Å². The van der Waals surface area contributed by atoms with Crippen LogP contribution in [0.1, 0.15) is 14.7 Å². The number of benzene rings is 1. The monoisotopic (exact) mass is 233 g/mol. The Hall–Kier alpha value is -1.88. The molecule has 2 aromatic rings. The minimum atomic E-state index is -0.177. The van der Waals surface area contributed by atoms with Crippen molar-refractivity contribution in [3.63, 3.8) is 0 Å². The summed E-state index contributed by atoms with van der Waals surface area (Å²) in [6.07, 6.45) is 1.56. The lowest BCUT2D eigenvalue weighted by atomic mass is 10.2. The highest BCUT2D eigenvalue weighted by molar-refractivity contribution is 7.13. The normalized spacial score (nSPS) is 10.1. The van der Waals surface area contributed by atoms with Crippen molar-refractivity contribution in [1.82, 2.24) is 4.98 Å². The first-order valence-corrected chi connectivity index (χ1v) is 5.57. The number of carbonyl (C=O) groups excluding carboxylic acids is 1. The van der Waals surface area contributed by atoms with E-state index in [1.807, 2.05) is 19.1 Å². The first-order valence-electron chi connectivity index (χ1n) is 4.75. The molecule has 1 aromatic heterocycles. The van der Waals surface area contributed by atoms with Gasteiger partial charge in [0.15, 0.2) is 0 Å². The van der Waals surface area contributed by atoms with Gasteiger partial charge in [-0.05, 0) is 19.1 Å². The molecule has 0 unspecified atom stereocenters. The quantitative estimate of drug-likeness (QED) is 0.782. The maximum atomic E-state index is 11.8. The van der Waals surface area contributed by atoms with Gasteiger partial charge in [-0.2, -0.15) is 0 Å². The van der Waals surface area contributed by atoms with E-state index in [1.165, 1.54) is 11.3 Å². The van der Waals surface area contributed by atoms with Crippen LogP contribution in [-0.2, 0) is 0 Å². The molecule has 16 heavy (non-hydrogen) atoms. The molecule has 5 heteroatoms. The van der Waals surface area contributed by atoms with E-state index in [2.05, 4.69) is 10.3 Å². The number of amides is 1. The van der Waals surface area contributed by atoms with Crippen molar-refractivity contribution >= 4 is 28.6 Å². The van der Waals surface area contributed by atoms with E-state index in [0.29, 0.717) is 16.3 Å². The smallest absolute Gasteiger partial charge is 0.267 e. The summed E-state index contributed by atoms with van der Waals surface area (Å²) in [5, 5.41) is 3.61. The lowest BCUT2D eigenvalue weighted by Crippen LogP contribution is -2.11. The van der Waals surface area contributed by atoms with Gasteiger partial charge in [-0.25, -0.2) is 4.98 Å². The third-order valence-corrected chi connectivity index (χ3v) is 2.97.